The molecule has 0 aromatic heterocycles. The predicted octanol–water partition coefficient (Wildman–Crippen LogP) is 9.97. The minimum atomic E-state index is -0.396. The molecule has 11 unspecified atom stereocenters. The molecule has 290 valence electrons. The van der Waals surface area contributed by atoms with Gasteiger partial charge in [-0.05, 0) is 123 Å². The third-order valence-electron chi connectivity index (χ3n) is 17.1. The van der Waals surface area contributed by atoms with Crippen LogP contribution in [0.2, 0.25) is 0 Å². The van der Waals surface area contributed by atoms with Gasteiger partial charge in [-0.1, -0.05) is 87.9 Å². The number of piperidine rings is 1. The molecule has 54 heavy (non-hydrogen) atoms. The van der Waals surface area contributed by atoms with Gasteiger partial charge in [0.15, 0.2) is 11.5 Å². The summed E-state index contributed by atoms with van der Waals surface area (Å²) in [6.07, 6.45) is 27.5. The largest absolute Gasteiger partial charge is 0.492 e. The van der Waals surface area contributed by atoms with Crippen molar-refractivity contribution in [2.75, 3.05) is 13.7 Å². The second-order valence-electron chi connectivity index (χ2n) is 19.6. The van der Waals surface area contributed by atoms with Crippen molar-refractivity contribution in [1.82, 2.24) is 4.90 Å². The highest BCUT2D eigenvalue weighted by Gasteiger charge is 2.65. The Morgan fingerprint density at radius 3 is 2.54 bits per heavy atom. The average molecular weight is 734 g/mol. The lowest BCUT2D eigenvalue weighted by molar-refractivity contribution is -0.133. The molecule has 2 spiro atoms. The van der Waals surface area contributed by atoms with E-state index in [1.165, 1.54) is 89.0 Å². The standard InChI is InChI=1S/C48H63NO5/c1-29-39-37-26-35-36(27-48(40(35)32-15-5-4-6-16-32)23-22-47(28-48)20-9-10-21-47)41(42(50)34-18-11-17-33(25-34)31-13-7-8-14-31)49(37)24-12-19-38(39)53-44(29)45-43(52-3)30(2)46(51)54-45/h4-6,11,15-16,18-19,29,31,33-37,39-42,50H,7-10,12-14,17,20-28H2,1-3H3. The zero-order valence-electron chi connectivity index (χ0n) is 33.0. The van der Waals surface area contributed by atoms with Crippen molar-refractivity contribution < 1.29 is 24.1 Å². The Hall–Kier alpha value is -2.83. The molecule has 10 rings (SSSR count). The van der Waals surface area contributed by atoms with Crippen LogP contribution in [0.5, 0.6) is 0 Å². The summed E-state index contributed by atoms with van der Waals surface area (Å²) < 4.78 is 18.5. The number of rotatable bonds is 5. The van der Waals surface area contributed by atoms with Gasteiger partial charge in [0.2, 0.25) is 5.76 Å². The van der Waals surface area contributed by atoms with Gasteiger partial charge in [-0.3, -0.25) is 4.90 Å². The molecule has 9 aliphatic rings. The second kappa shape index (κ2) is 13.7. The monoisotopic (exact) mass is 733 g/mol. The van der Waals surface area contributed by atoms with Gasteiger partial charge in [0, 0.05) is 36.4 Å². The molecule has 1 N–H and O–H groups in total. The summed E-state index contributed by atoms with van der Waals surface area (Å²) in [7, 11) is 1.61. The predicted molar refractivity (Wildman–Crippen MR) is 209 cm³/mol. The maximum absolute atomic E-state index is 13.2. The average Bonchev–Trinajstić information content (AvgIpc) is 4.05. The Morgan fingerprint density at radius 1 is 0.963 bits per heavy atom. The Morgan fingerprint density at radius 2 is 1.76 bits per heavy atom. The van der Waals surface area contributed by atoms with E-state index >= 15 is 0 Å². The number of nitrogens with zero attached hydrogens (tertiary/aromatic N) is 1. The van der Waals surface area contributed by atoms with Crippen molar-refractivity contribution in [2.45, 2.75) is 141 Å². The molecule has 4 heterocycles. The first-order chi connectivity index (χ1) is 26.3. The van der Waals surface area contributed by atoms with Gasteiger partial charge < -0.3 is 19.3 Å². The Labute approximate surface area is 323 Å². The van der Waals surface area contributed by atoms with Crippen molar-refractivity contribution in [3.63, 3.8) is 0 Å². The molecule has 11 atom stereocenters. The fourth-order valence-corrected chi connectivity index (χ4v) is 15.0. The number of aliphatic hydroxyl groups excluding tert-OH is 1. The van der Waals surface area contributed by atoms with Crippen LogP contribution in [0.15, 0.2) is 77.2 Å². The zero-order chi connectivity index (χ0) is 36.8. The van der Waals surface area contributed by atoms with Crippen LogP contribution in [0.4, 0.5) is 0 Å². The van der Waals surface area contributed by atoms with E-state index in [0.717, 1.165) is 43.2 Å². The third kappa shape index (κ3) is 5.57. The van der Waals surface area contributed by atoms with Crippen LogP contribution >= 0.6 is 0 Å². The van der Waals surface area contributed by atoms with Crippen LogP contribution < -0.4 is 0 Å². The van der Waals surface area contributed by atoms with E-state index < -0.39 is 6.10 Å². The van der Waals surface area contributed by atoms with Gasteiger partial charge in [0.25, 0.3) is 0 Å². The number of cyclic esters (lactones) is 1. The normalized spacial score (nSPS) is 42.2. The van der Waals surface area contributed by atoms with Crippen LogP contribution in [-0.4, -0.2) is 47.8 Å². The van der Waals surface area contributed by atoms with E-state index in [-0.39, 0.29) is 41.2 Å². The molecule has 0 amide bonds. The molecule has 6 nitrogen and oxygen atoms in total. The van der Waals surface area contributed by atoms with Crippen LogP contribution in [-0.2, 0) is 19.0 Å². The van der Waals surface area contributed by atoms with Crippen LogP contribution in [0, 0.1) is 52.3 Å². The molecule has 5 aliphatic carbocycles. The number of fused-ring (bicyclic) bond motifs is 4. The maximum Gasteiger partial charge on any atom is 0.343 e. The number of hydrogen-bond acceptors (Lipinski definition) is 6. The Kier molecular flexibility index (Phi) is 9.01. The molecular formula is C48H63NO5. The van der Waals surface area contributed by atoms with Crippen LogP contribution in [0.1, 0.15) is 128 Å². The summed E-state index contributed by atoms with van der Waals surface area (Å²) in [5.41, 5.74) is 2.84. The number of carbonyl (C=O) groups excluding carboxylic acids is 1. The quantitative estimate of drug-likeness (QED) is 0.240. The van der Waals surface area contributed by atoms with E-state index in [0.29, 0.717) is 46.2 Å². The van der Waals surface area contributed by atoms with Gasteiger partial charge in [0.1, 0.15) is 5.76 Å². The van der Waals surface area contributed by atoms with Crippen molar-refractivity contribution in [3.8, 4) is 0 Å². The zero-order valence-corrected chi connectivity index (χ0v) is 33.0. The lowest BCUT2D eigenvalue weighted by Crippen LogP contribution is -2.61. The highest BCUT2D eigenvalue weighted by Crippen LogP contribution is 2.72. The fraction of sp³-hybridized carbons (Fsp3) is 0.688. The Bertz CT molecular complexity index is 1750. The summed E-state index contributed by atoms with van der Waals surface area (Å²) in [5, 5.41) is 13.2. The van der Waals surface area contributed by atoms with Crippen molar-refractivity contribution >= 4 is 5.97 Å². The number of carbonyl (C=O) groups is 1. The summed E-state index contributed by atoms with van der Waals surface area (Å²) in [5.74, 6) is 5.65. The molecule has 1 aromatic rings. The van der Waals surface area contributed by atoms with E-state index in [2.05, 4.69) is 60.4 Å². The number of esters is 1. The van der Waals surface area contributed by atoms with Crippen molar-refractivity contribution in [3.05, 3.63) is 82.7 Å². The van der Waals surface area contributed by atoms with Crippen LogP contribution in [0.25, 0.3) is 0 Å². The summed E-state index contributed by atoms with van der Waals surface area (Å²) in [4.78, 5) is 15.6. The number of aliphatic hydroxyl groups is 1. The van der Waals surface area contributed by atoms with Crippen LogP contribution in [0.3, 0.4) is 0 Å². The second-order valence-corrected chi connectivity index (χ2v) is 19.6. The van der Waals surface area contributed by atoms with E-state index in [1.807, 2.05) is 0 Å². The lowest BCUT2D eigenvalue weighted by Gasteiger charge is -2.53. The number of benzene rings is 1. The molecule has 0 bridgehead atoms. The number of methoxy groups -OCH3 is 1. The molecule has 4 aliphatic heterocycles. The molecule has 0 radical (unpaired) electrons. The maximum atomic E-state index is 13.2. The number of hydrogen-bond donors (Lipinski definition) is 1. The third-order valence-corrected chi connectivity index (χ3v) is 17.1. The topological polar surface area (TPSA) is 68.2 Å². The first kappa shape index (κ1) is 35.6. The minimum Gasteiger partial charge on any atom is -0.492 e. The van der Waals surface area contributed by atoms with E-state index in [9.17, 15) is 9.90 Å². The Balaban J connectivity index is 1.07. The minimum absolute atomic E-state index is 0.00939. The molecule has 6 fully saturated rings. The van der Waals surface area contributed by atoms with Gasteiger partial charge in [-0.2, -0.15) is 0 Å². The number of allylic oxidation sites excluding steroid dienone is 2. The molecule has 4 saturated carbocycles. The fourth-order valence-electron chi connectivity index (χ4n) is 15.0. The first-order valence-electron chi connectivity index (χ1n) is 22.0. The molecule has 2 saturated heterocycles. The first-order valence-corrected chi connectivity index (χ1v) is 22.0. The lowest BCUT2D eigenvalue weighted by atomic mass is 9.64. The summed E-state index contributed by atoms with van der Waals surface area (Å²) >= 11 is 0. The molecule has 1 aromatic carbocycles. The summed E-state index contributed by atoms with van der Waals surface area (Å²) in [6.45, 7) is 4.99. The highest BCUT2D eigenvalue weighted by atomic mass is 16.6. The number of ether oxygens (including phenoxy) is 3. The summed E-state index contributed by atoms with van der Waals surface area (Å²) in [6, 6.07) is 12.0. The SMILES string of the molecule is COC1=C(C)C(=O)OC1=C1OC2=CCCN3C(CC4C(CC5(CCC6(CCCC6)C5)C4c4ccccc4)C3C(O)C3C=CCC(C4CCCC4)C3)C2C1C. The van der Waals surface area contributed by atoms with E-state index in [1.54, 1.807) is 14.0 Å². The van der Waals surface area contributed by atoms with Gasteiger partial charge in [0.05, 0.1) is 18.8 Å². The smallest absolute Gasteiger partial charge is 0.343 e. The van der Waals surface area contributed by atoms with Gasteiger partial charge in [-0.25, -0.2) is 4.79 Å². The van der Waals surface area contributed by atoms with Crippen molar-refractivity contribution in [2.24, 2.45) is 52.3 Å². The van der Waals surface area contributed by atoms with Gasteiger partial charge >= 0.3 is 5.97 Å². The molecule has 6 heteroatoms. The van der Waals surface area contributed by atoms with Crippen molar-refractivity contribution in [1.29, 1.82) is 0 Å². The van der Waals surface area contributed by atoms with E-state index in [4.69, 9.17) is 14.2 Å². The highest BCUT2D eigenvalue weighted by molar-refractivity contribution is 5.93. The molecular weight excluding hydrogens is 671 g/mol. The van der Waals surface area contributed by atoms with Gasteiger partial charge in [-0.15, -0.1) is 0 Å².